The third-order valence-electron chi connectivity index (χ3n) is 3.51. The van der Waals surface area contributed by atoms with E-state index in [0.717, 1.165) is 21.8 Å². The number of nitrogens with zero attached hydrogens (tertiary/aromatic N) is 3. The van der Waals surface area contributed by atoms with Gasteiger partial charge >= 0.3 is 0 Å². The van der Waals surface area contributed by atoms with Crippen LogP contribution in [-0.4, -0.2) is 33.9 Å². The predicted octanol–water partition coefficient (Wildman–Crippen LogP) is 4.15. The number of ether oxygens (including phenoxy) is 1. The average Bonchev–Trinajstić information content (AvgIpc) is 3.15. The van der Waals surface area contributed by atoms with Gasteiger partial charge in [-0.05, 0) is 40.2 Å². The molecule has 3 aromatic rings. The number of rotatable bonds is 7. The Morgan fingerprint density at radius 1 is 1.32 bits per heavy atom. The number of methoxy groups -OCH3 is 1. The van der Waals surface area contributed by atoms with Gasteiger partial charge in [-0.2, -0.15) is 0 Å². The smallest absolute Gasteiger partial charge is 0.296 e. The van der Waals surface area contributed by atoms with E-state index in [4.69, 9.17) is 9.15 Å². The zero-order chi connectivity index (χ0) is 20.1. The zero-order valence-electron chi connectivity index (χ0n) is 14.4. The summed E-state index contributed by atoms with van der Waals surface area (Å²) in [5, 5.41) is 21.8. The number of carbonyl (C=O) groups is 1. The molecule has 0 saturated heterocycles. The molecule has 0 spiro atoms. The van der Waals surface area contributed by atoms with Crippen LogP contribution in [0.2, 0.25) is 0 Å². The Hall–Kier alpha value is -2.92. The van der Waals surface area contributed by atoms with Gasteiger partial charge in [0.1, 0.15) is 11.4 Å². The van der Waals surface area contributed by atoms with Crippen LogP contribution in [-0.2, 0) is 4.79 Å². The lowest BCUT2D eigenvalue weighted by molar-refractivity contribution is -0.384. The van der Waals surface area contributed by atoms with Crippen LogP contribution >= 0.6 is 27.7 Å². The van der Waals surface area contributed by atoms with E-state index >= 15 is 0 Å². The minimum absolute atomic E-state index is 0.0548. The third-order valence-corrected chi connectivity index (χ3v) is 5.02. The molecule has 0 aliphatic rings. The number of carbonyl (C=O) groups excluding carboxylic acids is 1. The molecule has 0 atom stereocenters. The van der Waals surface area contributed by atoms with Crippen LogP contribution in [0, 0.1) is 10.1 Å². The van der Waals surface area contributed by atoms with Crippen LogP contribution < -0.4 is 10.1 Å². The van der Waals surface area contributed by atoms with Gasteiger partial charge in [0, 0.05) is 4.47 Å². The van der Waals surface area contributed by atoms with Gasteiger partial charge in [0.05, 0.1) is 29.4 Å². The molecule has 1 amide bonds. The topological polar surface area (TPSA) is 120 Å². The van der Waals surface area contributed by atoms with Crippen molar-refractivity contribution >= 4 is 45.0 Å². The molecule has 0 unspecified atom stereocenters. The van der Waals surface area contributed by atoms with E-state index in [9.17, 15) is 14.9 Å². The Labute approximate surface area is 171 Å². The predicted molar refractivity (Wildman–Crippen MR) is 106 cm³/mol. The molecule has 9 nitrogen and oxygen atoms in total. The molecule has 3 rings (SSSR count). The van der Waals surface area contributed by atoms with Crippen LogP contribution in [0.25, 0.3) is 11.5 Å². The first kappa shape index (κ1) is 19.8. The fourth-order valence-corrected chi connectivity index (χ4v) is 3.24. The second kappa shape index (κ2) is 8.85. The summed E-state index contributed by atoms with van der Waals surface area (Å²) in [5.74, 6) is 0.144. The van der Waals surface area contributed by atoms with Crippen molar-refractivity contribution in [1.29, 1.82) is 0 Å². The number of anilines is 1. The van der Waals surface area contributed by atoms with Crippen molar-refractivity contribution in [3.63, 3.8) is 0 Å². The first-order valence-corrected chi connectivity index (χ1v) is 9.59. The Kier molecular flexibility index (Phi) is 6.26. The highest BCUT2D eigenvalue weighted by Gasteiger charge is 2.18. The summed E-state index contributed by atoms with van der Waals surface area (Å²) in [7, 11) is 1.40. The summed E-state index contributed by atoms with van der Waals surface area (Å²) in [6.07, 6.45) is 0. The van der Waals surface area contributed by atoms with Crippen LogP contribution in [0.5, 0.6) is 5.75 Å². The van der Waals surface area contributed by atoms with E-state index in [1.165, 1.54) is 25.3 Å². The number of thioether (sulfide) groups is 1. The number of nitrogens with one attached hydrogen (secondary N) is 1. The highest BCUT2D eigenvalue weighted by Crippen LogP contribution is 2.30. The van der Waals surface area contributed by atoms with Gasteiger partial charge in [0.15, 0.2) is 0 Å². The third kappa shape index (κ3) is 4.67. The van der Waals surface area contributed by atoms with Crippen LogP contribution in [0.1, 0.15) is 0 Å². The second-order valence-corrected chi connectivity index (χ2v) is 7.11. The average molecular weight is 465 g/mol. The molecule has 1 N–H and O–H groups in total. The van der Waals surface area contributed by atoms with Crippen molar-refractivity contribution < 1.29 is 18.9 Å². The molecule has 0 bridgehead atoms. The van der Waals surface area contributed by atoms with Crippen molar-refractivity contribution in [2.24, 2.45) is 0 Å². The number of aromatic nitrogens is 2. The molecule has 0 aliphatic heterocycles. The summed E-state index contributed by atoms with van der Waals surface area (Å²) in [5.41, 5.74) is 0.558. The molecule has 28 heavy (non-hydrogen) atoms. The summed E-state index contributed by atoms with van der Waals surface area (Å²) in [6, 6.07) is 11.6. The van der Waals surface area contributed by atoms with Crippen LogP contribution in [0.4, 0.5) is 11.4 Å². The summed E-state index contributed by atoms with van der Waals surface area (Å²) < 4.78 is 11.3. The van der Waals surface area contributed by atoms with Crippen molar-refractivity contribution in [2.45, 2.75) is 5.22 Å². The summed E-state index contributed by atoms with van der Waals surface area (Å²) in [6.45, 7) is 0. The van der Waals surface area contributed by atoms with Gasteiger partial charge in [-0.1, -0.05) is 23.9 Å². The van der Waals surface area contributed by atoms with Crippen molar-refractivity contribution in [2.75, 3.05) is 18.2 Å². The van der Waals surface area contributed by atoms with Gasteiger partial charge < -0.3 is 14.5 Å². The van der Waals surface area contributed by atoms with E-state index in [2.05, 4.69) is 31.4 Å². The van der Waals surface area contributed by atoms with E-state index in [0.29, 0.717) is 11.6 Å². The van der Waals surface area contributed by atoms with Crippen LogP contribution in [0.15, 0.2) is 56.6 Å². The second-order valence-electron chi connectivity index (χ2n) is 5.33. The maximum atomic E-state index is 12.2. The SMILES string of the molecule is COc1ccc(NC(=O)CSc2nnc(-c3ccccc3Br)o2)c([N+](=O)[O-])c1. The van der Waals surface area contributed by atoms with Gasteiger partial charge in [-0.15, -0.1) is 10.2 Å². The molecule has 0 radical (unpaired) electrons. The maximum absolute atomic E-state index is 12.2. The zero-order valence-corrected chi connectivity index (χ0v) is 16.8. The lowest BCUT2D eigenvalue weighted by atomic mass is 10.2. The lowest BCUT2D eigenvalue weighted by Crippen LogP contribution is -2.15. The molecule has 0 aliphatic carbocycles. The van der Waals surface area contributed by atoms with Crippen molar-refractivity contribution in [3.8, 4) is 17.2 Å². The van der Waals surface area contributed by atoms with E-state index < -0.39 is 10.8 Å². The summed E-state index contributed by atoms with van der Waals surface area (Å²) >= 11 is 4.44. The van der Waals surface area contributed by atoms with Gasteiger partial charge in [-0.25, -0.2) is 0 Å². The number of nitro groups is 1. The largest absolute Gasteiger partial charge is 0.496 e. The minimum atomic E-state index is -0.590. The summed E-state index contributed by atoms with van der Waals surface area (Å²) in [4.78, 5) is 22.7. The molecule has 0 saturated carbocycles. The fraction of sp³-hybridized carbons (Fsp3) is 0.118. The van der Waals surface area contributed by atoms with Gasteiger partial charge in [-0.3, -0.25) is 14.9 Å². The number of hydrogen-bond acceptors (Lipinski definition) is 8. The normalized spacial score (nSPS) is 10.5. The Morgan fingerprint density at radius 3 is 2.82 bits per heavy atom. The monoisotopic (exact) mass is 464 g/mol. The fourth-order valence-electron chi connectivity index (χ4n) is 2.22. The molecular weight excluding hydrogens is 452 g/mol. The molecule has 144 valence electrons. The molecular formula is C17H13BrN4O5S. The van der Waals surface area contributed by atoms with Crippen molar-refractivity contribution in [3.05, 3.63) is 57.1 Å². The minimum Gasteiger partial charge on any atom is -0.496 e. The lowest BCUT2D eigenvalue weighted by Gasteiger charge is -2.06. The number of nitro benzene ring substituents is 1. The van der Waals surface area contributed by atoms with E-state index in [-0.39, 0.29) is 22.4 Å². The number of halogens is 1. The van der Waals surface area contributed by atoms with E-state index in [1.807, 2.05) is 24.3 Å². The molecule has 1 heterocycles. The molecule has 0 fully saturated rings. The number of amides is 1. The standard InChI is InChI=1S/C17H13BrN4O5S/c1-26-10-6-7-13(14(8-10)22(24)25)19-15(23)9-28-17-21-20-16(27-17)11-4-2-3-5-12(11)18/h2-8H,9H2,1H3,(H,19,23). The first-order chi connectivity index (χ1) is 13.5. The quantitative estimate of drug-likeness (QED) is 0.314. The highest BCUT2D eigenvalue weighted by molar-refractivity contribution is 9.10. The van der Waals surface area contributed by atoms with Gasteiger partial charge in [0.25, 0.3) is 10.9 Å². The highest BCUT2D eigenvalue weighted by atomic mass is 79.9. The van der Waals surface area contributed by atoms with Gasteiger partial charge in [0.2, 0.25) is 11.8 Å². The first-order valence-electron chi connectivity index (χ1n) is 7.81. The Bertz CT molecular complexity index is 1030. The Morgan fingerprint density at radius 2 is 2.11 bits per heavy atom. The molecule has 2 aromatic carbocycles. The van der Waals surface area contributed by atoms with Crippen LogP contribution in [0.3, 0.4) is 0 Å². The van der Waals surface area contributed by atoms with Crippen molar-refractivity contribution in [1.82, 2.24) is 10.2 Å². The molecule has 1 aromatic heterocycles. The number of benzene rings is 2. The Balaban J connectivity index is 1.64. The number of hydrogen-bond donors (Lipinski definition) is 1. The maximum Gasteiger partial charge on any atom is 0.296 e. The van der Waals surface area contributed by atoms with E-state index in [1.54, 1.807) is 0 Å². The molecule has 11 heteroatoms.